The van der Waals surface area contributed by atoms with E-state index in [0.29, 0.717) is 24.3 Å². The van der Waals surface area contributed by atoms with Crippen LogP contribution in [0.1, 0.15) is 79.7 Å². The number of benzene rings is 1. The Labute approximate surface area is 338 Å². The number of ether oxygens (including phenoxy) is 9. The standard InChI is InChI=1S/C42H56O16/c1-12-24(2)22-25(3)18-19-32(46)55-35-34(54-29(7)44)40(21-20-26(4)33(53-28(6)43)27(5)23-31-16-14-13-15-17-31)57-36(37(47)50-9)41(38(48)51-10,56-30(8)45)42(35,58-40)39(49)52-11/h13-19,24-25,27,33-36H,4,12,20-23H2,1-3,5-11H3/b19-18+/t24-,25+,27+,33+,34+,35+,36+,40-,41+,42-/m0/s1. The maximum Gasteiger partial charge on any atom is 0.357 e. The molecule has 3 rings (SSSR count). The van der Waals surface area contributed by atoms with Crippen molar-refractivity contribution in [3.8, 4) is 0 Å². The van der Waals surface area contributed by atoms with Crippen LogP contribution < -0.4 is 0 Å². The summed E-state index contributed by atoms with van der Waals surface area (Å²) in [5.74, 6) is -11.0. The summed E-state index contributed by atoms with van der Waals surface area (Å²) in [6.07, 6.45) is -3.41. The molecule has 2 saturated heterocycles. The van der Waals surface area contributed by atoms with Crippen molar-refractivity contribution >= 4 is 41.8 Å². The van der Waals surface area contributed by atoms with Gasteiger partial charge in [-0.05, 0) is 42.2 Å². The Bertz CT molecular complexity index is 1720. The zero-order valence-corrected chi connectivity index (χ0v) is 34.9. The molecule has 320 valence electrons. The third-order valence-corrected chi connectivity index (χ3v) is 10.4. The highest BCUT2D eigenvalue weighted by Crippen LogP contribution is 2.59. The normalized spacial score (nSPS) is 26.9. The number of carbonyl (C=O) groups is 7. The van der Waals surface area contributed by atoms with E-state index in [4.69, 9.17) is 42.6 Å². The second-order valence-corrected chi connectivity index (χ2v) is 14.8. The second-order valence-electron chi connectivity index (χ2n) is 14.8. The van der Waals surface area contributed by atoms with Crippen LogP contribution in [0.2, 0.25) is 0 Å². The maximum absolute atomic E-state index is 14.5. The molecule has 0 saturated carbocycles. The van der Waals surface area contributed by atoms with E-state index in [2.05, 4.69) is 6.58 Å². The molecule has 2 aliphatic rings. The summed E-state index contributed by atoms with van der Waals surface area (Å²) in [6, 6.07) is 9.42. The average Bonchev–Trinajstić information content (AvgIpc) is 3.40. The number of allylic oxidation sites excluding steroid dienone is 1. The van der Waals surface area contributed by atoms with Crippen molar-refractivity contribution in [2.75, 3.05) is 21.3 Å². The summed E-state index contributed by atoms with van der Waals surface area (Å²) < 4.78 is 51.0. The predicted octanol–water partition coefficient (Wildman–Crippen LogP) is 4.29. The van der Waals surface area contributed by atoms with Gasteiger partial charge < -0.3 is 42.6 Å². The van der Waals surface area contributed by atoms with Gasteiger partial charge >= 0.3 is 41.8 Å². The monoisotopic (exact) mass is 816 g/mol. The van der Waals surface area contributed by atoms with E-state index < -0.39 is 89.6 Å². The van der Waals surface area contributed by atoms with Gasteiger partial charge in [0.2, 0.25) is 11.9 Å². The van der Waals surface area contributed by atoms with E-state index in [9.17, 15) is 33.6 Å². The first-order chi connectivity index (χ1) is 27.3. The van der Waals surface area contributed by atoms with Crippen molar-refractivity contribution in [3.63, 3.8) is 0 Å². The van der Waals surface area contributed by atoms with Gasteiger partial charge in [0.25, 0.3) is 11.2 Å². The van der Waals surface area contributed by atoms with Crippen molar-refractivity contribution < 1.29 is 76.2 Å². The van der Waals surface area contributed by atoms with Crippen molar-refractivity contribution in [1.82, 2.24) is 0 Å². The summed E-state index contributed by atoms with van der Waals surface area (Å²) in [7, 11) is 2.70. The summed E-state index contributed by atoms with van der Waals surface area (Å²) in [6.45, 7) is 15.1. The maximum atomic E-state index is 14.5. The number of fused-ring (bicyclic) bond motifs is 2. The van der Waals surface area contributed by atoms with Crippen LogP contribution in [-0.2, 0) is 82.6 Å². The molecule has 0 aromatic heterocycles. The Balaban J connectivity index is 2.32. The number of hydrogen-bond acceptors (Lipinski definition) is 16. The van der Waals surface area contributed by atoms with E-state index in [-0.39, 0.29) is 18.3 Å². The number of rotatable bonds is 19. The zero-order valence-electron chi connectivity index (χ0n) is 34.9. The molecule has 0 spiro atoms. The van der Waals surface area contributed by atoms with Gasteiger partial charge in [0.15, 0.2) is 12.2 Å². The van der Waals surface area contributed by atoms with Gasteiger partial charge in [-0.15, -0.1) is 0 Å². The number of methoxy groups -OCH3 is 3. The minimum atomic E-state index is -3.29. The Morgan fingerprint density at radius 2 is 1.48 bits per heavy atom. The average molecular weight is 817 g/mol. The predicted molar refractivity (Wildman–Crippen MR) is 203 cm³/mol. The summed E-state index contributed by atoms with van der Waals surface area (Å²) in [5, 5.41) is 0. The smallest absolute Gasteiger partial charge is 0.357 e. The molecule has 2 bridgehead atoms. The molecule has 16 nitrogen and oxygen atoms in total. The van der Waals surface area contributed by atoms with Crippen molar-refractivity contribution in [3.05, 3.63) is 60.2 Å². The lowest BCUT2D eigenvalue weighted by Gasteiger charge is -2.51. The van der Waals surface area contributed by atoms with Gasteiger partial charge in [-0.25, -0.2) is 19.2 Å². The Morgan fingerprint density at radius 3 is 2.02 bits per heavy atom. The SMILES string of the molecule is C=C(CC[C@]12O[C@H](C(=O)OC)[C@@](OC(C)=O)(C(=O)OC)[C@](C(=O)OC)(O1)[C@H](OC(=O)/C=C/[C@@H](C)C[C@@H](C)CC)[C@H]2OC(C)=O)[C@@H](OC(C)=O)[C@H](C)Cc1ccccc1. The molecule has 0 aliphatic carbocycles. The minimum Gasteiger partial charge on any atom is -0.467 e. The lowest BCUT2D eigenvalue weighted by Crippen LogP contribution is -2.79. The fraction of sp³-hybridized carbons (Fsp3) is 0.595. The van der Waals surface area contributed by atoms with Gasteiger partial charge in [-0.3, -0.25) is 14.4 Å². The highest BCUT2D eigenvalue weighted by Gasteiger charge is 2.89. The molecule has 1 aromatic rings. The molecule has 0 N–H and O–H groups in total. The van der Waals surface area contributed by atoms with E-state index >= 15 is 0 Å². The lowest BCUT2D eigenvalue weighted by molar-refractivity contribution is -0.375. The Morgan fingerprint density at radius 1 is 0.845 bits per heavy atom. The third-order valence-electron chi connectivity index (χ3n) is 10.4. The second kappa shape index (κ2) is 20.1. The molecule has 10 atom stereocenters. The van der Waals surface area contributed by atoms with E-state index in [1.807, 2.05) is 58.0 Å². The highest BCUT2D eigenvalue weighted by atomic mass is 16.8. The van der Waals surface area contributed by atoms with Gasteiger partial charge in [0, 0.05) is 39.2 Å². The van der Waals surface area contributed by atoms with Gasteiger partial charge in [0.1, 0.15) is 6.10 Å². The van der Waals surface area contributed by atoms with Crippen LogP contribution in [0, 0.1) is 17.8 Å². The number of esters is 7. The van der Waals surface area contributed by atoms with Crippen LogP contribution in [0.5, 0.6) is 0 Å². The van der Waals surface area contributed by atoms with E-state index in [1.165, 1.54) is 6.92 Å². The Kier molecular flexibility index (Phi) is 16.3. The lowest BCUT2D eigenvalue weighted by atomic mass is 9.73. The van der Waals surface area contributed by atoms with Crippen LogP contribution in [0.25, 0.3) is 0 Å². The summed E-state index contributed by atoms with van der Waals surface area (Å²) in [4.78, 5) is 94.5. The highest BCUT2D eigenvalue weighted by molar-refractivity contribution is 6.01. The molecule has 2 fully saturated rings. The summed E-state index contributed by atoms with van der Waals surface area (Å²) >= 11 is 0. The summed E-state index contributed by atoms with van der Waals surface area (Å²) in [5.41, 5.74) is -5.19. The topological polar surface area (TPSA) is 203 Å². The molecule has 16 heteroatoms. The molecule has 0 amide bonds. The van der Waals surface area contributed by atoms with Crippen LogP contribution in [0.15, 0.2) is 54.6 Å². The van der Waals surface area contributed by atoms with Gasteiger partial charge in [0.05, 0.1) is 21.3 Å². The number of hydrogen-bond donors (Lipinski definition) is 0. The van der Waals surface area contributed by atoms with Crippen LogP contribution in [-0.4, -0.2) is 105 Å². The molecule has 1 aromatic carbocycles. The molecular formula is C42H56O16. The molecule has 58 heavy (non-hydrogen) atoms. The largest absolute Gasteiger partial charge is 0.467 e. The van der Waals surface area contributed by atoms with E-state index in [1.54, 1.807) is 6.08 Å². The first-order valence-corrected chi connectivity index (χ1v) is 19.1. The minimum absolute atomic E-state index is 0.116. The van der Waals surface area contributed by atoms with Crippen LogP contribution in [0.4, 0.5) is 0 Å². The zero-order chi connectivity index (χ0) is 43.6. The quantitative estimate of drug-likeness (QED) is 0.0827. The van der Waals surface area contributed by atoms with Gasteiger partial charge in [-0.2, -0.15) is 0 Å². The third kappa shape index (κ3) is 9.95. The Hall–Kier alpha value is -5.09. The van der Waals surface area contributed by atoms with Crippen molar-refractivity contribution in [2.24, 2.45) is 17.8 Å². The number of carbonyl (C=O) groups excluding carboxylic acids is 7. The molecule has 0 radical (unpaired) electrons. The van der Waals surface area contributed by atoms with Crippen molar-refractivity contribution in [1.29, 1.82) is 0 Å². The van der Waals surface area contributed by atoms with Crippen LogP contribution >= 0.6 is 0 Å². The fourth-order valence-electron chi connectivity index (χ4n) is 7.64. The first-order valence-electron chi connectivity index (χ1n) is 19.1. The van der Waals surface area contributed by atoms with E-state index in [0.717, 1.165) is 53.2 Å². The molecule has 2 heterocycles. The van der Waals surface area contributed by atoms with Gasteiger partial charge in [-0.1, -0.05) is 77.1 Å². The molecule has 0 unspecified atom stereocenters. The molecule has 2 aliphatic heterocycles. The fourth-order valence-corrected chi connectivity index (χ4v) is 7.64. The van der Waals surface area contributed by atoms with Crippen LogP contribution in [0.3, 0.4) is 0 Å². The molecular weight excluding hydrogens is 760 g/mol. The van der Waals surface area contributed by atoms with Crippen molar-refractivity contribution in [2.45, 2.75) is 122 Å². The first kappa shape index (κ1) is 47.3.